The summed E-state index contributed by atoms with van der Waals surface area (Å²) in [7, 11) is 0. The van der Waals surface area contributed by atoms with Crippen molar-refractivity contribution in [2.45, 2.75) is 46.2 Å². The van der Waals surface area contributed by atoms with Gasteiger partial charge in [-0.1, -0.05) is 13.0 Å². The first-order chi connectivity index (χ1) is 7.04. The lowest BCUT2D eigenvalue weighted by atomic mass is 10.0. The molecule has 84 valence electrons. The summed E-state index contributed by atoms with van der Waals surface area (Å²) in [6, 6.07) is 4.58. The van der Waals surface area contributed by atoms with Crippen LogP contribution in [0.3, 0.4) is 0 Å². The Morgan fingerprint density at radius 1 is 1.40 bits per heavy atom. The molecule has 0 bridgehead atoms. The normalized spacial score (nSPS) is 12.9. The van der Waals surface area contributed by atoms with Crippen molar-refractivity contribution >= 4 is 5.82 Å². The fourth-order valence-electron chi connectivity index (χ4n) is 1.56. The average molecular weight is 207 g/mol. The quantitative estimate of drug-likeness (QED) is 0.798. The SMILES string of the molecule is CC[C@@H](N)c1ccc(NC(C)C)nc1C. The van der Waals surface area contributed by atoms with Crippen molar-refractivity contribution in [3.63, 3.8) is 0 Å². The van der Waals surface area contributed by atoms with Crippen molar-refractivity contribution in [3.05, 3.63) is 23.4 Å². The lowest BCUT2D eigenvalue weighted by molar-refractivity contribution is 0.688. The summed E-state index contributed by atoms with van der Waals surface area (Å²) < 4.78 is 0. The van der Waals surface area contributed by atoms with E-state index in [0.717, 1.165) is 23.5 Å². The van der Waals surface area contributed by atoms with Crippen LogP contribution >= 0.6 is 0 Å². The number of hydrogen-bond acceptors (Lipinski definition) is 3. The topological polar surface area (TPSA) is 50.9 Å². The number of aryl methyl sites for hydroxylation is 1. The summed E-state index contributed by atoms with van der Waals surface area (Å²) in [4.78, 5) is 4.49. The largest absolute Gasteiger partial charge is 0.368 e. The molecule has 3 heteroatoms. The van der Waals surface area contributed by atoms with Gasteiger partial charge in [0.1, 0.15) is 5.82 Å². The first-order valence-corrected chi connectivity index (χ1v) is 5.54. The van der Waals surface area contributed by atoms with Gasteiger partial charge in [-0.15, -0.1) is 0 Å². The predicted octanol–water partition coefficient (Wildman–Crippen LogP) is 2.62. The first-order valence-electron chi connectivity index (χ1n) is 5.54. The van der Waals surface area contributed by atoms with Gasteiger partial charge in [0.2, 0.25) is 0 Å². The zero-order chi connectivity index (χ0) is 11.4. The molecule has 0 fully saturated rings. The maximum Gasteiger partial charge on any atom is 0.126 e. The maximum absolute atomic E-state index is 5.99. The number of rotatable bonds is 4. The second-order valence-corrected chi connectivity index (χ2v) is 4.18. The van der Waals surface area contributed by atoms with Crippen molar-refractivity contribution in [1.29, 1.82) is 0 Å². The molecule has 0 saturated carbocycles. The number of nitrogens with two attached hydrogens (primary N) is 1. The molecule has 3 N–H and O–H groups in total. The number of nitrogens with one attached hydrogen (secondary N) is 1. The third-order valence-electron chi connectivity index (χ3n) is 2.40. The number of hydrogen-bond donors (Lipinski definition) is 2. The molecule has 0 unspecified atom stereocenters. The van der Waals surface area contributed by atoms with Crippen LogP contribution in [0.15, 0.2) is 12.1 Å². The lowest BCUT2D eigenvalue weighted by Gasteiger charge is -2.15. The van der Waals surface area contributed by atoms with E-state index in [9.17, 15) is 0 Å². The van der Waals surface area contributed by atoms with E-state index < -0.39 is 0 Å². The van der Waals surface area contributed by atoms with Crippen molar-refractivity contribution < 1.29 is 0 Å². The summed E-state index contributed by atoms with van der Waals surface area (Å²) >= 11 is 0. The number of pyridine rings is 1. The molecule has 0 aliphatic carbocycles. The second-order valence-electron chi connectivity index (χ2n) is 4.18. The van der Waals surface area contributed by atoms with Gasteiger partial charge in [-0.25, -0.2) is 4.98 Å². The summed E-state index contributed by atoms with van der Waals surface area (Å²) in [5.74, 6) is 0.926. The minimum absolute atomic E-state index is 0.102. The third-order valence-corrected chi connectivity index (χ3v) is 2.40. The summed E-state index contributed by atoms with van der Waals surface area (Å²) in [5, 5.41) is 3.28. The Balaban J connectivity index is 2.88. The molecule has 0 saturated heterocycles. The van der Waals surface area contributed by atoms with Crippen LogP contribution < -0.4 is 11.1 Å². The summed E-state index contributed by atoms with van der Waals surface area (Å²) in [5.41, 5.74) is 8.15. The van der Waals surface area contributed by atoms with E-state index >= 15 is 0 Å². The Morgan fingerprint density at radius 2 is 2.07 bits per heavy atom. The molecule has 0 radical (unpaired) electrons. The Bertz CT molecular complexity index is 321. The zero-order valence-corrected chi connectivity index (χ0v) is 10.0. The van der Waals surface area contributed by atoms with Gasteiger partial charge in [0.15, 0.2) is 0 Å². The Hall–Kier alpha value is -1.09. The van der Waals surface area contributed by atoms with E-state index in [1.165, 1.54) is 0 Å². The molecule has 0 spiro atoms. The number of aromatic nitrogens is 1. The van der Waals surface area contributed by atoms with Gasteiger partial charge in [0, 0.05) is 17.8 Å². The van der Waals surface area contributed by atoms with E-state index in [1.807, 2.05) is 13.0 Å². The van der Waals surface area contributed by atoms with Crippen LogP contribution in [0.4, 0.5) is 5.82 Å². The van der Waals surface area contributed by atoms with Gasteiger partial charge in [-0.05, 0) is 38.8 Å². The molecule has 1 aromatic heterocycles. The van der Waals surface area contributed by atoms with Crippen molar-refractivity contribution in [2.24, 2.45) is 5.73 Å². The Kier molecular flexibility index (Phi) is 4.09. The molecule has 0 amide bonds. The predicted molar refractivity (Wildman–Crippen MR) is 65.0 cm³/mol. The van der Waals surface area contributed by atoms with E-state index in [2.05, 4.69) is 37.1 Å². The molecule has 0 aliphatic rings. The van der Waals surface area contributed by atoms with Gasteiger partial charge in [-0.2, -0.15) is 0 Å². The van der Waals surface area contributed by atoms with Crippen LogP contribution in [0.5, 0.6) is 0 Å². The summed E-state index contributed by atoms with van der Waals surface area (Å²) in [6.07, 6.45) is 0.944. The summed E-state index contributed by atoms with van der Waals surface area (Å²) in [6.45, 7) is 8.30. The molecule has 1 atom stereocenters. The standard InChI is InChI=1S/C12H21N3/c1-5-11(13)10-6-7-12(14-8(2)3)15-9(10)4/h6-8,11H,5,13H2,1-4H3,(H,14,15)/t11-/m1/s1. The molecular weight excluding hydrogens is 186 g/mol. The van der Waals surface area contributed by atoms with Crippen LogP contribution in [0.25, 0.3) is 0 Å². The molecule has 15 heavy (non-hydrogen) atoms. The first kappa shape index (κ1) is 12.0. The molecule has 0 aromatic carbocycles. The van der Waals surface area contributed by atoms with Crippen LogP contribution in [-0.4, -0.2) is 11.0 Å². The highest BCUT2D eigenvalue weighted by atomic mass is 15.0. The van der Waals surface area contributed by atoms with Gasteiger partial charge in [0.25, 0.3) is 0 Å². The minimum atomic E-state index is 0.102. The van der Waals surface area contributed by atoms with Gasteiger partial charge >= 0.3 is 0 Å². The average Bonchev–Trinajstić information content (AvgIpc) is 2.16. The molecule has 1 rings (SSSR count). The highest BCUT2D eigenvalue weighted by Crippen LogP contribution is 2.18. The molecule has 0 aliphatic heterocycles. The maximum atomic E-state index is 5.99. The highest BCUT2D eigenvalue weighted by Gasteiger charge is 2.08. The van der Waals surface area contributed by atoms with E-state index in [0.29, 0.717) is 6.04 Å². The van der Waals surface area contributed by atoms with Crippen molar-refractivity contribution in [2.75, 3.05) is 5.32 Å². The van der Waals surface area contributed by atoms with Crippen LogP contribution in [0, 0.1) is 6.92 Å². The van der Waals surface area contributed by atoms with Gasteiger partial charge < -0.3 is 11.1 Å². The fourth-order valence-corrected chi connectivity index (χ4v) is 1.56. The third kappa shape index (κ3) is 3.20. The number of anilines is 1. The van der Waals surface area contributed by atoms with Crippen LogP contribution in [-0.2, 0) is 0 Å². The molecule has 3 nitrogen and oxygen atoms in total. The van der Waals surface area contributed by atoms with Crippen LogP contribution in [0.2, 0.25) is 0 Å². The number of nitrogens with zero attached hydrogens (tertiary/aromatic N) is 1. The monoisotopic (exact) mass is 207 g/mol. The molecule has 1 heterocycles. The van der Waals surface area contributed by atoms with Gasteiger partial charge in [0.05, 0.1) is 0 Å². The lowest BCUT2D eigenvalue weighted by Crippen LogP contribution is -2.14. The second kappa shape index (κ2) is 5.12. The van der Waals surface area contributed by atoms with Gasteiger partial charge in [-0.3, -0.25) is 0 Å². The fraction of sp³-hybridized carbons (Fsp3) is 0.583. The van der Waals surface area contributed by atoms with E-state index in [4.69, 9.17) is 5.73 Å². The zero-order valence-electron chi connectivity index (χ0n) is 10.0. The Morgan fingerprint density at radius 3 is 2.53 bits per heavy atom. The minimum Gasteiger partial charge on any atom is -0.368 e. The smallest absolute Gasteiger partial charge is 0.126 e. The van der Waals surface area contributed by atoms with Crippen molar-refractivity contribution in [3.8, 4) is 0 Å². The van der Waals surface area contributed by atoms with E-state index in [1.54, 1.807) is 0 Å². The molecule has 1 aromatic rings. The van der Waals surface area contributed by atoms with E-state index in [-0.39, 0.29) is 6.04 Å². The molecular formula is C12H21N3. The highest BCUT2D eigenvalue weighted by molar-refractivity contribution is 5.40. The Labute approximate surface area is 92.1 Å². The van der Waals surface area contributed by atoms with Crippen molar-refractivity contribution in [1.82, 2.24) is 4.98 Å². The van der Waals surface area contributed by atoms with Crippen LogP contribution in [0.1, 0.15) is 44.5 Å².